The molecule has 1 aromatic carbocycles. The van der Waals surface area contributed by atoms with Gasteiger partial charge in [-0.1, -0.05) is 32.0 Å². The molecule has 0 bridgehead atoms. The highest BCUT2D eigenvalue weighted by Crippen LogP contribution is 2.42. The van der Waals surface area contributed by atoms with Crippen LogP contribution in [0.2, 0.25) is 13.1 Å². The van der Waals surface area contributed by atoms with Crippen LogP contribution in [0.25, 0.3) is 11.0 Å². The summed E-state index contributed by atoms with van der Waals surface area (Å²) in [5.41, 5.74) is 3.83. The Balaban J connectivity index is 1.88. The van der Waals surface area contributed by atoms with E-state index in [2.05, 4.69) is 51.2 Å². The minimum Gasteiger partial charge on any atom is -0.465 e. The number of benzene rings is 1. The van der Waals surface area contributed by atoms with E-state index in [9.17, 15) is 4.79 Å². The largest absolute Gasteiger partial charge is 0.465 e. The lowest BCUT2D eigenvalue weighted by molar-refractivity contribution is 0.0810. The van der Waals surface area contributed by atoms with E-state index in [1.807, 2.05) is 6.92 Å². The normalized spacial score (nSPS) is 16.6. The number of ether oxygens (including phenoxy) is 1. The van der Waals surface area contributed by atoms with Crippen molar-refractivity contribution in [2.75, 3.05) is 19.7 Å². The van der Waals surface area contributed by atoms with Gasteiger partial charge in [0, 0.05) is 30.6 Å². The van der Waals surface area contributed by atoms with E-state index >= 15 is 0 Å². The van der Waals surface area contributed by atoms with Crippen LogP contribution in [0, 0.1) is 11.3 Å². The number of nitrogens with zero attached hydrogens (tertiary/aromatic N) is 2. The summed E-state index contributed by atoms with van der Waals surface area (Å²) >= 11 is 0. The number of aromatic nitrogens is 1. The summed E-state index contributed by atoms with van der Waals surface area (Å²) in [5.74, 6) is 0.514. The number of carbonyl (C=O) groups is 1. The van der Waals surface area contributed by atoms with Gasteiger partial charge in [-0.15, -0.1) is 0 Å². The minimum atomic E-state index is -0.944. The highest BCUT2D eigenvalue weighted by molar-refractivity contribution is 6.48. The Bertz CT molecular complexity index is 929. The molecular formula is C25H39N2O5Si. The first-order valence-electron chi connectivity index (χ1n) is 12.0. The molecule has 0 saturated carbocycles. The Kier molecular flexibility index (Phi) is 8.58. The average molecular weight is 476 g/mol. The van der Waals surface area contributed by atoms with Crippen LogP contribution in [0.4, 0.5) is 4.79 Å². The van der Waals surface area contributed by atoms with Crippen LogP contribution in [-0.4, -0.2) is 50.0 Å². The fourth-order valence-corrected chi connectivity index (χ4v) is 5.52. The molecular weight excluding hydrogens is 436 g/mol. The van der Waals surface area contributed by atoms with Crippen molar-refractivity contribution in [3.05, 3.63) is 29.0 Å². The second kappa shape index (κ2) is 11.0. The molecule has 2 heterocycles. The molecule has 1 fully saturated rings. The molecule has 8 heteroatoms. The maximum Gasteiger partial charge on any atom is 0.407 e. The van der Waals surface area contributed by atoms with Crippen LogP contribution in [0.1, 0.15) is 69.9 Å². The molecule has 1 unspecified atom stereocenters. The Morgan fingerprint density at radius 1 is 1.30 bits per heavy atom. The number of carboxylic acid groups (broad SMARTS) is 1. The SMILES string of the molecule is CCOCc1ccc2c(CCC3CCN(C(=O)O)CC3)noc2c1C(O[Si](C)C)C(C)(C)C. The highest BCUT2D eigenvalue weighted by Gasteiger charge is 2.33. The molecule has 0 aliphatic carbocycles. The Morgan fingerprint density at radius 3 is 2.58 bits per heavy atom. The van der Waals surface area contributed by atoms with Crippen molar-refractivity contribution in [3.8, 4) is 0 Å². The van der Waals surface area contributed by atoms with E-state index in [1.54, 1.807) is 0 Å². The zero-order valence-electron chi connectivity index (χ0n) is 20.9. The Labute approximate surface area is 199 Å². The molecule has 1 N–H and O–H groups in total. The van der Waals surface area contributed by atoms with Gasteiger partial charge in [-0.3, -0.25) is 0 Å². The van der Waals surface area contributed by atoms with Gasteiger partial charge >= 0.3 is 6.09 Å². The van der Waals surface area contributed by atoms with Gasteiger partial charge in [-0.2, -0.15) is 0 Å². The van der Waals surface area contributed by atoms with Gasteiger partial charge in [0.1, 0.15) is 0 Å². The van der Waals surface area contributed by atoms with E-state index in [0.29, 0.717) is 32.2 Å². The van der Waals surface area contributed by atoms with Gasteiger partial charge in [0.15, 0.2) is 5.58 Å². The van der Waals surface area contributed by atoms with E-state index < -0.39 is 15.1 Å². The van der Waals surface area contributed by atoms with Crippen molar-refractivity contribution < 1.29 is 23.6 Å². The van der Waals surface area contributed by atoms with Gasteiger partial charge in [-0.05, 0) is 68.7 Å². The molecule has 183 valence electrons. The van der Waals surface area contributed by atoms with Crippen molar-refractivity contribution in [1.29, 1.82) is 0 Å². The van der Waals surface area contributed by atoms with E-state index in [0.717, 1.165) is 53.5 Å². The minimum absolute atomic E-state index is 0.109. The van der Waals surface area contributed by atoms with Crippen LogP contribution in [0.5, 0.6) is 0 Å². The smallest absolute Gasteiger partial charge is 0.407 e. The number of fused-ring (bicyclic) bond motifs is 1. The molecule has 7 nitrogen and oxygen atoms in total. The summed E-state index contributed by atoms with van der Waals surface area (Å²) in [4.78, 5) is 12.7. The third-order valence-electron chi connectivity index (χ3n) is 6.38. The van der Waals surface area contributed by atoms with Crippen molar-refractivity contribution in [1.82, 2.24) is 10.1 Å². The zero-order valence-corrected chi connectivity index (χ0v) is 21.9. The molecule has 1 saturated heterocycles. The third-order valence-corrected chi connectivity index (χ3v) is 7.09. The van der Waals surface area contributed by atoms with Crippen molar-refractivity contribution in [3.63, 3.8) is 0 Å². The monoisotopic (exact) mass is 475 g/mol. The topological polar surface area (TPSA) is 85.0 Å². The number of rotatable bonds is 9. The third kappa shape index (κ3) is 6.37. The quantitative estimate of drug-likeness (QED) is 0.445. The molecule has 1 radical (unpaired) electrons. The molecule has 1 aliphatic heterocycles. The molecule has 0 spiro atoms. The lowest BCUT2D eigenvalue weighted by Crippen LogP contribution is -2.37. The second-order valence-corrected chi connectivity index (χ2v) is 12.4. The average Bonchev–Trinajstić information content (AvgIpc) is 3.17. The molecule has 1 amide bonds. The fourth-order valence-electron chi connectivity index (χ4n) is 4.58. The van der Waals surface area contributed by atoms with Crippen molar-refractivity contribution in [2.24, 2.45) is 11.3 Å². The first kappa shape index (κ1) is 25.7. The predicted molar refractivity (Wildman–Crippen MR) is 131 cm³/mol. The second-order valence-electron chi connectivity index (χ2n) is 10.3. The number of hydrogen-bond acceptors (Lipinski definition) is 5. The van der Waals surface area contributed by atoms with Gasteiger partial charge in [0.05, 0.1) is 18.4 Å². The molecule has 1 aliphatic rings. The number of hydrogen-bond donors (Lipinski definition) is 1. The number of amides is 1. The molecule has 2 aromatic rings. The van der Waals surface area contributed by atoms with Crippen LogP contribution in [0.15, 0.2) is 16.7 Å². The summed E-state index contributed by atoms with van der Waals surface area (Å²) < 4.78 is 18.3. The predicted octanol–water partition coefficient (Wildman–Crippen LogP) is 6.04. The van der Waals surface area contributed by atoms with Crippen molar-refractivity contribution >= 4 is 26.1 Å². The maximum absolute atomic E-state index is 11.2. The lowest BCUT2D eigenvalue weighted by Gasteiger charge is -2.34. The lowest BCUT2D eigenvalue weighted by atomic mass is 9.82. The fraction of sp³-hybridized carbons (Fsp3) is 0.680. The summed E-state index contributed by atoms with van der Waals surface area (Å²) in [5, 5.41) is 14.7. The molecule has 3 rings (SSSR count). The maximum atomic E-state index is 11.2. The molecule has 33 heavy (non-hydrogen) atoms. The number of aryl methyl sites for hydroxylation is 1. The van der Waals surface area contributed by atoms with E-state index in [1.165, 1.54) is 4.90 Å². The summed E-state index contributed by atoms with van der Waals surface area (Å²) in [6.45, 7) is 15.3. The van der Waals surface area contributed by atoms with Crippen LogP contribution < -0.4 is 0 Å². The van der Waals surface area contributed by atoms with Crippen LogP contribution in [0.3, 0.4) is 0 Å². The first-order chi connectivity index (χ1) is 15.6. The zero-order chi connectivity index (χ0) is 24.2. The van der Waals surface area contributed by atoms with Crippen LogP contribution >= 0.6 is 0 Å². The summed E-state index contributed by atoms with van der Waals surface area (Å²) in [6, 6.07) is 4.24. The van der Waals surface area contributed by atoms with Gasteiger partial charge in [0.25, 0.3) is 0 Å². The number of likely N-dealkylation sites (tertiary alicyclic amines) is 1. The summed E-state index contributed by atoms with van der Waals surface area (Å²) in [7, 11) is -0.944. The first-order valence-corrected chi connectivity index (χ1v) is 14.4. The van der Waals surface area contributed by atoms with Gasteiger partial charge in [0.2, 0.25) is 9.04 Å². The summed E-state index contributed by atoms with van der Waals surface area (Å²) in [6.07, 6.45) is 2.70. The Hall–Kier alpha value is -1.90. The van der Waals surface area contributed by atoms with E-state index in [4.69, 9.17) is 18.8 Å². The standard InChI is InChI=1S/C25H39N2O5Si/c1-7-30-16-18-9-10-19-20(11-8-17-12-14-27(15-13-17)24(28)29)26-31-22(19)21(18)23(25(2,3)4)32-33(5)6/h9-10,17,23H,7-8,11-16H2,1-6H3,(H,28,29). The van der Waals surface area contributed by atoms with E-state index in [-0.39, 0.29) is 11.5 Å². The van der Waals surface area contributed by atoms with Gasteiger partial charge in [-0.25, -0.2) is 4.79 Å². The highest BCUT2D eigenvalue weighted by atomic mass is 28.3. The van der Waals surface area contributed by atoms with Gasteiger partial charge < -0.3 is 23.7 Å². The van der Waals surface area contributed by atoms with Crippen molar-refractivity contribution in [2.45, 2.75) is 79.2 Å². The number of piperidine rings is 1. The molecule has 1 atom stereocenters. The molecule has 1 aromatic heterocycles. The Morgan fingerprint density at radius 2 is 2.00 bits per heavy atom. The van der Waals surface area contributed by atoms with Crippen LogP contribution in [-0.2, 0) is 22.2 Å².